The van der Waals surface area contributed by atoms with Crippen LogP contribution < -0.4 is 10.0 Å². The van der Waals surface area contributed by atoms with E-state index in [-0.39, 0.29) is 9.90 Å². The number of hydrogen-bond acceptors (Lipinski definition) is 7. The van der Waals surface area contributed by atoms with Gasteiger partial charge in [0.2, 0.25) is 5.91 Å². The van der Waals surface area contributed by atoms with Gasteiger partial charge in [-0.25, -0.2) is 22.9 Å². The summed E-state index contributed by atoms with van der Waals surface area (Å²) >= 11 is 0.771. The molecule has 1 heterocycles. The third kappa shape index (κ3) is 3.98. The molecule has 0 atom stereocenters. The second kappa shape index (κ2) is 6.59. The number of nitrogens with one attached hydrogen (secondary N) is 2. The van der Waals surface area contributed by atoms with Crippen molar-refractivity contribution in [2.75, 3.05) is 20.2 Å². The van der Waals surface area contributed by atoms with Crippen LogP contribution in [0.15, 0.2) is 9.72 Å². The van der Waals surface area contributed by atoms with Crippen molar-refractivity contribution in [1.82, 2.24) is 15.0 Å². The van der Waals surface area contributed by atoms with Crippen LogP contribution in [0, 0.1) is 0 Å². The summed E-state index contributed by atoms with van der Waals surface area (Å²) in [6.07, 6.45) is 0. The normalized spacial score (nSPS) is 11.1. The van der Waals surface area contributed by atoms with Crippen LogP contribution in [0.5, 0.6) is 0 Å². The van der Waals surface area contributed by atoms with E-state index in [9.17, 15) is 18.0 Å². The van der Waals surface area contributed by atoms with Crippen molar-refractivity contribution in [2.45, 2.75) is 11.1 Å². The summed E-state index contributed by atoms with van der Waals surface area (Å²) in [5.41, 5.74) is 0.920. The minimum absolute atomic E-state index is 0.274. The van der Waals surface area contributed by atoms with Crippen molar-refractivity contribution in [2.24, 2.45) is 0 Å². The Morgan fingerprint density at radius 2 is 2.16 bits per heavy atom. The number of hydrogen-bond donors (Lipinski definition) is 2. The molecule has 10 heteroatoms. The number of aromatic nitrogens is 1. The molecule has 0 spiro atoms. The van der Waals surface area contributed by atoms with Crippen LogP contribution in [0.1, 0.15) is 17.4 Å². The highest BCUT2D eigenvalue weighted by Gasteiger charge is 2.26. The van der Waals surface area contributed by atoms with Gasteiger partial charge in [0.05, 0.1) is 19.2 Å². The first-order chi connectivity index (χ1) is 8.92. The van der Waals surface area contributed by atoms with Gasteiger partial charge < -0.3 is 10.1 Å². The molecule has 0 aliphatic carbocycles. The van der Waals surface area contributed by atoms with Crippen molar-refractivity contribution in [3.63, 3.8) is 0 Å². The number of thiazole rings is 1. The number of rotatable bonds is 6. The molecule has 19 heavy (non-hydrogen) atoms. The van der Waals surface area contributed by atoms with E-state index in [1.807, 2.05) is 0 Å². The SMILES string of the molecule is CCNC(=O)CNS(=O)(=O)c1scnc1C(=O)OC. The third-order valence-electron chi connectivity index (χ3n) is 1.95. The molecule has 8 nitrogen and oxygen atoms in total. The van der Waals surface area contributed by atoms with E-state index >= 15 is 0 Å². The molecule has 1 aromatic heterocycles. The molecule has 0 unspecified atom stereocenters. The second-order valence-corrected chi connectivity index (χ2v) is 6.08. The molecule has 1 aromatic rings. The van der Waals surface area contributed by atoms with Gasteiger partial charge in [0.25, 0.3) is 10.0 Å². The van der Waals surface area contributed by atoms with E-state index < -0.39 is 28.4 Å². The molecule has 0 bridgehead atoms. The Bertz CT molecular complexity index is 566. The molecule has 0 aliphatic rings. The molecule has 106 valence electrons. The van der Waals surface area contributed by atoms with E-state index in [1.54, 1.807) is 6.92 Å². The molecule has 0 radical (unpaired) electrons. The average molecular weight is 307 g/mol. The molecular weight excluding hydrogens is 294 g/mol. The van der Waals surface area contributed by atoms with Gasteiger partial charge in [0.15, 0.2) is 9.90 Å². The summed E-state index contributed by atoms with van der Waals surface area (Å²) in [5.74, 6) is -1.31. The molecule has 0 saturated carbocycles. The van der Waals surface area contributed by atoms with Crippen molar-refractivity contribution in [3.05, 3.63) is 11.2 Å². The maximum atomic E-state index is 11.9. The summed E-state index contributed by atoms with van der Waals surface area (Å²) in [6.45, 7) is 1.70. The quantitative estimate of drug-likeness (QED) is 0.675. The highest BCUT2D eigenvalue weighted by atomic mass is 32.2. The molecule has 0 aliphatic heterocycles. The predicted molar refractivity (Wildman–Crippen MR) is 67.3 cm³/mol. The molecule has 2 N–H and O–H groups in total. The number of amides is 1. The topological polar surface area (TPSA) is 114 Å². The number of methoxy groups -OCH3 is 1. The van der Waals surface area contributed by atoms with E-state index in [0.717, 1.165) is 18.4 Å². The van der Waals surface area contributed by atoms with Crippen molar-refractivity contribution in [1.29, 1.82) is 0 Å². The monoisotopic (exact) mass is 307 g/mol. The molecule has 0 fully saturated rings. The Labute approximate surface area is 114 Å². The van der Waals surface area contributed by atoms with Crippen LogP contribution in [0.25, 0.3) is 0 Å². The zero-order chi connectivity index (χ0) is 14.5. The highest BCUT2D eigenvalue weighted by molar-refractivity contribution is 7.91. The fourth-order valence-electron chi connectivity index (χ4n) is 1.14. The zero-order valence-electron chi connectivity index (χ0n) is 10.3. The Morgan fingerprint density at radius 3 is 2.74 bits per heavy atom. The predicted octanol–water partition coefficient (Wildman–Crippen LogP) is -0.656. The minimum atomic E-state index is -3.97. The standard InChI is InChI=1S/C9H13N3O5S2/c1-3-10-6(13)4-12-19(15,16)9-7(8(14)17-2)11-5-18-9/h5,12H,3-4H2,1-2H3,(H,10,13). The zero-order valence-corrected chi connectivity index (χ0v) is 11.9. The van der Waals surface area contributed by atoms with Gasteiger partial charge >= 0.3 is 5.97 Å². The molecular formula is C9H13N3O5S2. The minimum Gasteiger partial charge on any atom is -0.464 e. The second-order valence-electron chi connectivity index (χ2n) is 3.26. The third-order valence-corrected chi connectivity index (χ3v) is 4.73. The summed E-state index contributed by atoms with van der Waals surface area (Å²) in [5, 5.41) is 2.44. The fraction of sp³-hybridized carbons (Fsp3) is 0.444. The smallest absolute Gasteiger partial charge is 0.358 e. The van der Waals surface area contributed by atoms with E-state index in [0.29, 0.717) is 6.54 Å². The summed E-state index contributed by atoms with van der Waals surface area (Å²) < 4.78 is 30.1. The first-order valence-electron chi connectivity index (χ1n) is 5.20. The van der Waals surface area contributed by atoms with Gasteiger partial charge in [0, 0.05) is 6.54 Å². The maximum Gasteiger partial charge on any atom is 0.358 e. The van der Waals surface area contributed by atoms with Crippen LogP contribution in [-0.4, -0.2) is 45.5 Å². The molecule has 0 aromatic carbocycles. The molecule has 1 rings (SSSR count). The number of ether oxygens (including phenoxy) is 1. The van der Waals surface area contributed by atoms with E-state index in [4.69, 9.17) is 0 Å². The first-order valence-corrected chi connectivity index (χ1v) is 7.56. The highest BCUT2D eigenvalue weighted by Crippen LogP contribution is 2.20. The number of carbonyl (C=O) groups is 2. The van der Waals surface area contributed by atoms with Gasteiger partial charge in [-0.3, -0.25) is 4.79 Å². The van der Waals surface area contributed by atoms with Crippen molar-refractivity contribution >= 4 is 33.2 Å². The summed E-state index contributed by atoms with van der Waals surface area (Å²) in [6, 6.07) is 0. The lowest BCUT2D eigenvalue weighted by Crippen LogP contribution is -2.36. The molecule has 1 amide bonds. The fourth-order valence-corrected chi connectivity index (χ4v) is 3.30. The van der Waals surface area contributed by atoms with Crippen LogP contribution >= 0.6 is 11.3 Å². The van der Waals surface area contributed by atoms with Crippen LogP contribution in [0.2, 0.25) is 0 Å². The summed E-state index contributed by atoms with van der Waals surface area (Å²) in [7, 11) is -2.85. The number of sulfonamides is 1. The van der Waals surface area contributed by atoms with Crippen LogP contribution in [0.4, 0.5) is 0 Å². The first kappa shape index (κ1) is 15.5. The Kier molecular flexibility index (Phi) is 5.39. The van der Waals surface area contributed by atoms with Crippen LogP contribution in [-0.2, 0) is 19.6 Å². The maximum absolute atomic E-state index is 11.9. The lowest BCUT2D eigenvalue weighted by molar-refractivity contribution is -0.119. The number of nitrogens with zero attached hydrogens (tertiary/aromatic N) is 1. The van der Waals surface area contributed by atoms with E-state index in [1.165, 1.54) is 5.51 Å². The van der Waals surface area contributed by atoms with Gasteiger partial charge in [-0.05, 0) is 6.92 Å². The Hall–Kier alpha value is -1.52. The van der Waals surface area contributed by atoms with Crippen molar-refractivity contribution < 1.29 is 22.7 Å². The Morgan fingerprint density at radius 1 is 1.47 bits per heavy atom. The van der Waals surface area contributed by atoms with E-state index in [2.05, 4.69) is 19.8 Å². The summed E-state index contributed by atoms with van der Waals surface area (Å²) in [4.78, 5) is 26.2. The number of carbonyl (C=O) groups excluding carboxylic acids is 2. The lowest BCUT2D eigenvalue weighted by atomic mass is 10.5. The van der Waals surface area contributed by atoms with Crippen molar-refractivity contribution in [3.8, 4) is 0 Å². The Balaban J connectivity index is 2.86. The number of esters is 1. The van der Waals surface area contributed by atoms with Gasteiger partial charge in [0.1, 0.15) is 0 Å². The lowest BCUT2D eigenvalue weighted by Gasteiger charge is -2.05. The largest absolute Gasteiger partial charge is 0.464 e. The van der Waals surface area contributed by atoms with Gasteiger partial charge in [-0.15, -0.1) is 11.3 Å². The van der Waals surface area contributed by atoms with Crippen LogP contribution in [0.3, 0.4) is 0 Å². The van der Waals surface area contributed by atoms with Gasteiger partial charge in [-0.2, -0.15) is 0 Å². The average Bonchev–Trinajstić information content (AvgIpc) is 2.86. The number of likely N-dealkylation sites (N-methyl/N-ethyl adjacent to an activating group) is 1. The molecule has 0 saturated heterocycles. The van der Waals surface area contributed by atoms with Gasteiger partial charge in [-0.1, -0.05) is 0 Å².